The van der Waals surface area contributed by atoms with Gasteiger partial charge in [-0.3, -0.25) is 0 Å². The number of hydrogen-bond donors (Lipinski definition) is 1. The molecule has 4 nitrogen and oxygen atoms in total. The largest absolute Gasteiger partial charge is 0.330 e. The predicted molar refractivity (Wildman–Crippen MR) is 81.0 cm³/mol. The van der Waals surface area contributed by atoms with E-state index in [1.165, 1.54) is 5.56 Å². The first-order valence-corrected chi connectivity index (χ1v) is 8.81. The molecule has 1 aliphatic heterocycles. The number of nitrogens with two attached hydrogens (primary N) is 1. The summed E-state index contributed by atoms with van der Waals surface area (Å²) in [7, 11) is -3.33. The lowest BCUT2D eigenvalue weighted by atomic mass is 9.99. The van der Waals surface area contributed by atoms with Crippen LogP contribution in [0.1, 0.15) is 31.7 Å². The average molecular weight is 296 g/mol. The fraction of sp³-hybridized carbons (Fsp3) is 0.600. The molecule has 1 aliphatic rings. The molecule has 0 spiro atoms. The summed E-state index contributed by atoms with van der Waals surface area (Å²) >= 11 is 0. The molecular formula is C15H24N2O2S. The highest BCUT2D eigenvalue weighted by atomic mass is 32.2. The highest BCUT2D eigenvalue weighted by Crippen LogP contribution is 2.23. The molecule has 1 fully saturated rings. The van der Waals surface area contributed by atoms with Crippen molar-refractivity contribution >= 4 is 10.0 Å². The topological polar surface area (TPSA) is 63.4 Å². The van der Waals surface area contributed by atoms with Gasteiger partial charge in [-0.15, -0.1) is 0 Å². The Bertz CT molecular complexity index is 517. The monoisotopic (exact) mass is 296 g/mol. The van der Waals surface area contributed by atoms with E-state index in [-0.39, 0.29) is 0 Å². The van der Waals surface area contributed by atoms with Crippen LogP contribution in [0.3, 0.4) is 0 Å². The molecule has 2 N–H and O–H groups in total. The van der Waals surface area contributed by atoms with E-state index in [2.05, 4.69) is 6.92 Å². The quantitative estimate of drug-likeness (QED) is 0.904. The van der Waals surface area contributed by atoms with Crippen molar-refractivity contribution in [2.45, 2.75) is 37.5 Å². The van der Waals surface area contributed by atoms with E-state index < -0.39 is 10.0 Å². The Hall–Kier alpha value is -0.910. The second kappa shape index (κ2) is 6.70. The zero-order chi connectivity index (χ0) is 14.6. The smallest absolute Gasteiger partial charge is 0.243 e. The minimum atomic E-state index is -3.33. The molecule has 0 aromatic heterocycles. The van der Waals surface area contributed by atoms with Gasteiger partial charge in [-0.05, 0) is 49.4 Å². The third-order valence-electron chi connectivity index (χ3n) is 4.01. The molecule has 2 rings (SSSR count). The molecule has 1 aromatic carbocycles. The molecule has 112 valence electrons. The number of nitrogens with zero attached hydrogens (tertiary/aromatic N) is 1. The zero-order valence-corrected chi connectivity index (χ0v) is 12.9. The van der Waals surface area contributed by atoms with E-state index in [9.17, 15) is 8.42 Å². The van der Waals surface area contributed by atoms with Gasteiger partial charge in [0.15, 0.2) is 0 Å². The third-order valence-corrected chi connectivity index (χ3v) is 5.92. The molecule has 0 radical (unpaired) electrons. The Morgan fingerprint density at radius 2 is 1.80 bits per heavy atom. The molecule has 0 unspecified atom stereocenters. The first kappa shape index (κ1) is 15.5. The summed E-state index contributed by atoms with van der Waals surface area (Å²) in [5, 5.41) is 0. The molecular weight excluding hydrogens is 272 g/mol. The molecule has 0 amide bonds. The van der Waals surface area contributed by atoms with Crippen LogP contribution in [0.15, 0.2) is 29.2 Å². The zero-order valence-electron chi connectivity index (χ0n) is 12.1. The lowest BCUT2D eigenvalue weighted by Gasteiger charge is -2.30. The van der Waals surface area contributed by atoms with Gasteiger partial charge in [0.2, 0.25) is 10.0 Å². The van der Waals surface area contributed by atoms with Gasteiger partial charge >= 0.3 is 0 Å². The van der Waals surface area contributed by atoms with Crippen molar-refractivity contribution in [3.05, 3.63) is 29.8 Å². The van der Waals surface area contributed by atoms with Crippen molar-refractivity contribution < 1.29 is 8.42 Å². The maximum atomic E-state index is 12.5. The number of aryl methyl sites for hydroxylation is 1. The third kappa shape index (κ3) is 3.40. The fourth-order valence-corrected chi connectivity index (χ4v) is 4.12. The standard InChI is InChI=1S/C15H24N2O2S/c1-2-3-13-4-6-15(7-5-13)20(18,19)17-10-8-14(12-16)9-11-17/h4-7,14H,2-3,8-12,16H2,1H3. The summed E-state index contributed by atoms with van der Waals surface area (Å²) in [6.45, 7) is 3.94. The van der Waals surface area contributed by atoms with Crippen molar-refractivity contribution in [1.82, 2.24) is 4.31 Å². The first-order chi connectivity index (χ1) is 9.57. The van der Waals surface area contributed by atoms with E-state index >= 15 is 0 Å². The highest BCUT2D eigenvalue weighted by Gasteiger charge is 2.28. The van der Waals surface area contributed by atoms with Crippen LogP contribution >= 0.6 is 0 Å². The van der Waals surface area contributed by atoms with Crippen molar-refractivity contribution in [2.24, 2.45) is 11.7 Å². The second-order valence-electron chi connectivity index (χ2n) is 5.48. The van der Waals surface area contributed by atoms with E-state index in [4.69, 9.17) is 5.73 Å². The van der Waals surface area contributed by atoms with Crippen LogP contribution in [-0.4, -0.2) is 32.4 Å². The molecule has 1 heterocycles. The van der Waals surface area contributed by atoms with Crippen molar-refractivity contribution in [3.63, 3.8) is 0 Å². The van der Waals surface area contributed by atoms with Gasteiger partial charge in [0.1, 0.15) is 0 Å². The summed E-state index contributed by atoms with van der Waals surface area (Å²) in [6.07, 6.45) is 3.79. The minimum absolute atomic E-state index is 0.406. The van der Waals surface area contributed by atoms with E-state index in [0.29, 0.717) is 30.4 Å². The van der Waals surface area contributed by atoms with Gasteiger partial charge in [-0.2, -0.15) is 4.31 Å². The summed E-state index contributed by atoms with van der Waals surface area (Å²) in [6, 6.07) is 7.30. The summed E-state index contributed by atoms with van der Waals surface area (Å²) < 4.78 is 26.7. The molecule has 20 heavy (non-hydrogen) atoms. The number of sulfonamides is 1. The number of benzene rings is 1. The molecule has 1 saturated heterocycles. The van der Waals surface area contributed by atoms with Crippen molar-refractivity contribution in [3.8, 4) is 0 Å². The Morgan fingerprint density at radius 3 is 2.30 bits per heavy atom. The molecule has 0 atom stereocenters. The number of rotatable bonds is 5. The van der Waals surface area contributed by atoms with Gasteiger partial charge in [-0.25, -0.2) is 8.42 Å². The van der Waals surface area contributed by atoms with Gasteiger partial charge < -0.3 is 5.73 Å². The van der Waals surface area contributed by atoms with Gasteiger partial charge in [0.25, 0.3) is 0 Å². The normalized spacial score (nSPS) is 18.3. The molecule has 1 aromatic rings. The summed E-state index contributed by atoms with van der Waals surface area (Å²) in [4.78, 5) is 0.406. The average Bonchev–Trinajstić information content (AvgIpc) is 2.48. The maximum absolute atomic E-state index is 12.5. The second-order valence-corrected chi connectivity index (χ2v) is 7.42. The summed E-state index contributed by atoms with van der Waals surface area (Å²) in [5.41, 5.74) is 6.83. The van der Waals surface area contributed by atoms with Gasteiger partial charge in [0, 0.05) is 13.1 Å². The van der Waals surface area contributed by atoms with Crippen LogP contribution in [0.2, 0.25) is 0 Å². The molecule has 0 aliphatic carbocycles. The van der Waals surface area contributed by atoms with Crippen LogP contribution in [0.25, 0.3) is 0 Å². The van der Waals surface area contributed by atoms with Crippen LogP contribution < -0.4 is 5.73 Å². The van der Waals surface area contributed by atoms with E-state index in [1.807, 2.05) is 12.1 Å². The summed E-state index contributed by atoms with van der Waals surface area (Å²) in [5.74, 6) is 0.466. The van der Waals surface area contributed by atoms with Crippen LogP contribution in [-0.2, 0) is 16.4 Å². The molecule has 0 bridgehead atoms. The van der Waals surface area contributed by atoms with Crippen LogP contribution in [0, 0.1) is 5.92 Å². The fourth-order valence-electron chi connectivity index (χ4n) is 2.65. The maximum Gasteiger partial charge on any atom is 0.243 e. The number of piperidine rings is 1. The van der Waals surface area contributed by atoms with Crippen molar-refractivity contribution in [2.75, 3.05) is 19.6 Å². The lowest BCUT2D eigenvalue weighted by Crippen LogP contribution is -2.39. The Morgan fingerprint density at radius 1 is 1.20 bits per heavy atom. The molecule has 0 saturated carbocycles. The Kier molecular flexibility index (Phi) is 5.18. The van der Waals surface area contributed by atoms with Crippen molar-refractivity contribution in [1.29, 1.82) is 0 Å². The predicted octanol–water partition coefficient (Wildman–Crippen LogP) is 2.00. The molecule has 5 heteroatoms. The van der Waals surface area contributed by atoms with Gasteiger partial charge in [-0.1, -0.05) is 25.5 Å². The Labute approximate surface area is 122 Å². The number of hydrogen-bond acceptors (Lipinski definition) is 3. The first-order valence-electron chi connectivity index (χ1n) is 7.37. The SMILES string of the molecule is CCCc1ccc(S(=O)(=O)N2CCC(CN)CC2)cc1. The minimum Gasteiger partial charge on any atom is -0.330 e. The van der Waals surface area contributed by atoms with Crippen LogP contribution in [0.5, 0.6) is 0 Å². The van der Waals surface area contributed by atoms with E-state index in [1.54, 1.807) is 16.4 Å². The van der Waals surface area contributed by atoms with Gasteiger partial charge in [0.05, 0.1) is 4.90 Å². The van der Waals surface area contributed by atoms with Crippen LogP contribution in [0.4, 0.5) is 0 Å². The highest BCUT2D eigenvalue weighted by molar-refractivity contribution is 7.89. The van der Waals surface area contributed by atoms with E-state index in [0.717, 1.165) is 25.7 Å². The Balaban J connectivity index is 2.10. The lowest BCUT2D eigenvalue weighted by molar-refractivity contribution is 0.278.